The van der Waals surface area contributed by atoms with Gasteiger partial charge in [0.1, 0.15) is 5.75 Å². The fourth-order valence-electron chi connectivity index (χ4n) is 3.13. The summed E-state index contributed by atoms with van der Waals surface area (Å²) < 4.78 is 16.0. The molecule has 6 heteroatoms. The summed E-state index contributed by atoms with van der Waals surface area (Å²) in [6, 6.07) is 17.3. The Hall–Kier alpha value is -3.25. The van der Waals surface area contributed by atoms with Crippen molar-refractivity contribution in [3.05, 3.63) is 76.0 Å². The van der Waals surface area contributed by atoms with Crippen molar-refractivity contribution >= 4 is 28.9 Å². The molecule has 0 N–H and O–H groups in total. The lowest BCUT2D eigenvalue weighted by Gasteiger charge is -2.19. The van der Waals surface area contributed by atoms with Crippen molar-refractivity contribution in [1.82, 2.24) is 4.90 Å². The molecule has 3 aromatic rings. The molecule has 1 aliphatic rings. The van der Waals surface area contributed by atoms with E-state index in [4.69, 9.17) is 14.2 Å². The highest BCUT2D eigenvalue weighted by Gasteiger charge is 2.19. The van der Waals surface area contributed by atoms with Crippen molar-refractivity contribution < 1.29 is 19.0 Å². The van der Waals surface area contributed by atoms with Crippen molar-refractivity contribution in [3.63, 3.8) is 0 Å². The minimum atomic E-state index is -0.0408. The zero-order valence-corrected chi connectivity index (χ0v) is 17.1. The van der Waals surface area contributed by atoms with Crippen molar-refractivity contribution in [2.45, 2.75) is 6.54 Å². The van der Waals surface area contributed by atoms with Crippen LogP contribution >= 0.6 is 11.3 Å². The third-order valence-electron chi connectivity index (χ3n) is 4.65. The van der Waals surface area contributed by atoms with Gasteiger partial charge in [0.2, 0.25) is 6.79 Å². The minimum absolute atomic E-state index is 0.0408. The number of thiophene rings is 1. The van der Waals surface area contributed by atoms with Crippen LogP contribution in [0.3, 0.4) is 0 Å². The van der Waals surface area contributed by atoms with Crippen LogP contribution in [0.5, 0.6) is 17.2 Å². The number of hydrogen-bond acceptors (Lipinski definition) is 5. The Morgan fingerprint density at radius 2 is 1.93 bits per heavy atom. The summed E-state index contributed by atoms with van der Waals surface area (Å²) >= 11 is 1.55. The van der Waals surface area contributed by atoms with Gasteiger partial charge in [0.05, 0.1) is 12.7 Å². The van der Waals surface area contributed by atoms with Crippen molar-refractivity contribution in [3.8, 4) is 17.2 Å². The molecule has 2 heterocycles. The molecule has 0 unspecified atom stereocenters. The Bertz CT molecular complexity index is 1030. The molecular formula is C23H21NO4S. The first-order chi connectivity index (χ1) is 14.1. The lowest BCUT2D eigenvalue weighted by Crippen LogP contribution is -2.26. The van der Waals surface area contributed by atoms with Gasteiger partial charge in [-0.3, -0.25) is 4.79 Å². The number of rotatable bonds is 6. The van der Waals surface area contributed by atoms with E-state index in [-0.39, 0.29) is 12.7 Å². The molecule has 0 saturated carbocycles. The Morgan fingerprint density at radius 1 is 1.14 bits per heavy atom. The number of nitrogens with zero attached hydrogens (tertiary/aromatic N) is 1. The molecule has 1 aliphatic heterocycles. The van der Waals surface area contributed by atoms with E-state index in [1.807, 2.05) is 73.1 Å². The Morgan fingerprint density at radius 3 is 2.66 bits per heavy atom. The number of carbonyl (C=O) groups is 1. The lowest BCUT2D eigenvalue weighted by atomic mass is 10.1. The van der Waals surface area contributed by atoms with Gasteiger partial charge in [0.25, 0.3) is 5.91 Å². The molecule has 0 bridgehead atoms. The SMILES string of the molecule is COc1ccc(C=C(C(=O)N(C)Cc2ccc3c(c2)OCO3)c2cccs2)cc1. The largest absolute Gasteiger partial charge is 0.497 e. The quantitative estimate of drug-likeness (QED) is 0.557. The van der Waals surface area contributed by atoms with Crippen LogP contribution in [0.15, 0.2) is 60.0 Å². The molecule has 0 radical (unpaired) electrons. The summed E-state index contributed by atoms with van der Waals surface area (Å²) in [5.41, 5.74) is 2.59. The highest BCUT2D eigenvalue weighted by molar-refractivity contribution is 7.11. The van der Waals surface area contributed by atoms with Crippen LogP contribution in [-0.2, 0) is 11.3 Å². The van der Waals surface area contributed by atoms with Gasteiger partial charge in [0, 0.05) is 18.5 Å². The van der Waals surface area contributed by atoms with Gasteiger partial charge in [-0.1, -0.05) is 24.3 Å². The van der Waals surface area contributed by atoms with E-state index in [1.165, 1.54) is 0 Å². The average molecular weight is 407 g/mol. The molecule has 5 nitrogen and oxygen atoms in total. The maximum atomic E-state index is 13.3. The molecule has 0 fully saturated rings. The predicted molar refractivity (Wildman–Crippen MR) is 114 cm³/mol. The molecule has 0 atom stereocenters. The smallest absolute Gasteiger partial charge is 0.255 e. The summed E-state index contributed by atoms with van der Waals surface area (Å²) in [5, 5.41) is 1.97. The van der Waals surface area contributed by atoms with E-state index < -0.39 is 0 Å². The van der Waals surface area contributed by atoms with E-state index in [0.29, 0.717) is 12.1 Å². The molecule has 29 heavy (non-hydrogen) atoms. The van der Waals surface area contributed by atoms with Gasteiger partial charge < -0.3 is 19.1 Å². The molecule has 2 aromatic carbocycles. The first-order valence-electron chi connectivity index (χ1n) is 9.17. The van der Waals surface area contributed by atoms with E-state index >= 15 is 0 Å². The molecule has 4 rings (SSSR count). The van der Waals surface area contributed by atoms with Crippen LogP contribution < -0.4 is 14.2 Å². The van der Waals surface area contributed by atoms with E-state index in [2.05, 4.69) is 0 Å². The van der Waals surface area contributed by atoms with Crippen LogP contribution in [0.1, 0.15) is 16.0 Å². The van der Waals surface area contributed by atoms with Crippen molar-refractivity contribution in [1.29, 1.82) is 0 Å². The number of ether oxygens (including phenoxy) is 3. The number of likely N-dealkylation sites (N-methyl/N-ethyl adjacent to an activating group) is 1. The first kappa shape index (κ1) is 19.1. The lowest BCUT2D eigenvalue weighted by molar-refractivity contribution is -0.124. The number of fused-ring (bicyclic) bond motifs is 1. The second-order valence-corrected chi connectivity index (χ2v) is 7.60. The third kappa shape index (κ3) is 4.27. The van der Waals surface area contributed by atoms with Crippen LogP contribution in [0.2, 0.25) is 0 Å². The second kappa shape index (κ2) is 8.41. The van der Waals surface area contributed by atoms with E-state index in [1.54, 1.807) is 23.3 Å². The second-order valence-electron chi connectivity index (χ2n) is 6.66. The summed E-state index contributed by atoms with van der Waals surface area (Å²) in [6.07, 6.45) is 1.92. The topological polar surface area (TPSA) is 48.0 Å². The minimum Gasteiger partial charge on any atom is -0.497 e. The highest BCUT2D eigenvalue weighted by atomic mass is 32.1. The average Bonchev–Trinajstić information content (AvgIpc) is 3.43. The van der Waals surface area contributed by atoms with E-state index in [9.17, 15) is 4.79 Å². The molecule has 0 aliphatic carbocycles. The Labute approximate surface area is 173 Å². The molecule has 148 valence electrons. The van der Waals surface area contributed by atoms with Crippen molar-refractivity contribution in [2.24, 2.45) is 0 Å². The standard InChI is InChI=1S/C23H21NO4S/c1-24(14-17-7-10-20-21(13-17)28-15-27-20)23(25)19(22-4-3-11-29-22)12-16-5-8-18(26-2)9-6-16/h3-13H,14-15H2,1-2H3. The number of carbonyl (C=O) groups excluding carboxylic acids is 1. The molecule has 0 spiro atoms. The Balaban J connectivity index is 1.58. The third-order valence-corrected chi connectivity index (χ3v) is 5.55. The number of hydrogen-bond donors (Lipinski definition) is 0. The number of methoxy groups -OCH3 is 1. The van der Waals surface area contributed by atoms with Gasteiger partial charge in [-0.25, -0.2) is 0 Å². The fourth-order valence-corrected chi connectivity index (χ4v) is 3.86. The van der Waals surface area contributed by atoms with Gasteiger partial charge in [-0.05, 0) is 52.9 Å². The normalized spacial score (nSPS) is 12.7. The van der Waals surface area contributed by atoms with Crippen LogP contribution in [0, 0.1) is 0 Å². The van der Waals surface area contributed by atoms with Crippen LogP contribution in [0.25, 0.3) is 11.6 Å². The van der Waals surface area contributed by atoms with E-state index in [0.717, 1.165) is 33.3 Å². The van der Waals surface area contributed by atoms with Crippen LogP contribution in [-0.4, -0.2) is 31.8 Å². The summed E-state index contributed by atoms with van der Waals surface area (Å²) in [7, 11) is 3.44. The first-order valence-corrected chi connectivity index (χ1v) is 10.1. The van der Waals surface area contributed by atoms with Crippen molar-refractivity contribution in [2.75, 3.05) is 21.0 Å². The summed E-state index contributed by atoms with van der Waals surface area (Å²) in [6.45, 7) is 0.710. The zero-order chi connectivity index (χ0) is 20.2. The summed E-state index contributed by atoms with van der Waals surface area (Å²) in [5.74, 6) is 2.20. The molecular weight excluding hydrogens is 386 g/mol. The van der Waals surface area contributed by atoms with Gasteiger partial charge in [0.15, 0.2) is 11.5 Å². The van der Waals surface area contributed by atoms with Gasteiger partial charge >= 0.3 is 0 Å². The van der Waals surface area contributed by atoms with Gasteiger partial charge in [-0.2, -0.15) is 0 Å². The maximum Gasteiger partial charge on any atom is 0.255 e. The highest BCUT2D eigenvalue weighted by Crippen LogP contribution is 2.33. The Kier molecular flexibility index (Phi) is 5.53. The maximum absolute atomic E-state index is 13.3. The summed E-state index contributed by atoms with van der Waals surface area (Å²) in [4.78, 5) is 15.9. The molecule has 1 amide bonds. The fraction of sp³-hybridized carbons (Fsp3) is 0.174. The van der Waals surface area contributed by atoms with Gasteiger partial charge in [-0.15, -0.1) is 11.3 Å². The monoisotopic (exact) mass is 407 g/mol. The van der Waals surface area contributed by atoms with Crippen LogP contribution in [0.4, 0.5) is 0 Å². The number of amides is 1. The zero-order valence-electron chi connectivity index (χ0n) is 16.3. The number of benzene rings is 2. The predicted octanol–water partition coefficient (Wildman–Crippen LogP) is 4.68. The molecule has 1 aromatic heterocycles. The molecule has 0 saturated heterocycles.